The van der Waals surface area contributed by atoms with Crippen molar-refractivity contribution in [2.24, 2.45) is 0 Å². The number of alkyl halides is 3. The minimum atomic E-state index is -4.50. The third-order valence-corrected chi connectivity index (χ3v) is 3.32. The van der Waals surface area contributed by atoms with Gasteiger partial charge in [0.25, 0.3) is 5.56 Å². The maximum absolute atomic E-state index is 12.3. The first kappa shape index (κ1) is 18.0. The van der Waals surface area contributed by atoms with Crippen molar-refractivity contribution in [3.05, 3.63) is 21.0 Å². The highest BCUT2D eigenvalue weighted by Gasteiger charge is 2.29. The molecule has 0 radical (unpaired) electrons. The van der Waals surface area contributed by atoms with Crippen molar-refractivity contribution in [2.75, 3.05) is 18.5 Å². The molecule has 0 aliphatic carbocycles. The molecule has 5 nitrogen and oxygen atoms in total. The van der Waals surface area contributed by atoms with Crippen LogP contribution in [0.4, 0.5) is 18.9 Å². The SMILES string of the molecule is CCOC(C)(C)CNc1cnn(CC(F)(F)F)c(=O)c1Br. The second-order valence-electron chi connectivity index (χ2n) is 5.00. The van der Waals surface area contributed by atoms with Crippen LogP contribution in [0, 0.1) is 0 Å². The molecule has 0 aliphatic rings. The molecule has 0 fully saturated rings. The first-order valence-corrected chi connectivity index (χ1v) is 7.05. The van der Waals surface area contributed by atoms with Crippen LogP contribution in [0.2, 0.25) is 0 Å². The van der Waals surface area contributed by atoms with E-state index in [-0.39, 0.29) is 4.47 Å². The third-order valence-electron chi connectivity index (χ3n) is 2.55. The maximum Gasteiger partial charge on any atom is 0.408 e. The Morgan fingerprint density at radius 1 is 1.43 bits per heavy atom. The number of nitrogens with one attached hydrogen (secondary N) is 1. The quantitative estimate of drug-likeness (QED) is 0.835. The minimum Gasteiger partial charge on any atom is -0.380 e. The van der Waals surface area contributed by atoms with Crippen molar-refractivity contribution in [2.45, 2.75) is 39.1 Å². The molecule has 120 valence electrons. The third kappa shape index (κ3) is 5.66. The van der Waals surface area contributed by atoms with Crippen LogP contribution in [0.3, 0.4) is 0 Å². The molecular formula is C12H17BrF3N3O2. The second-order valence-corrected chi connectivity index (χ2v) is 5.79. The van der Waals surface area contributed by atoms with E-state index in [0.717, 1.165) is 0 Å². The molecule has 0 unspecified atom stereocenters. The highest BCUT2D eigenvalue weighted by atomic mass is 79.9. The number of anilines is 1. The normalized spacial score (nSPS) is 12.5. The lowest BCUT2D eigenvalue weighted by atomic mass is 10.1. The molecule has 0 bridgehead atoms. The van der Waals surface area contributed by atoms with Gasteiger partial charge in [0.05, 0.1) is 17.5 Å². The van der Waals surface area contributed by atoms with E-state index in [2.05, 4.69) is 26.3 Å². The lowest BCUT2D eigenvalue weighted by Gasteiger charge is -2.25. The van der Waals surface area contributed by atoms with Crippen molar-refractivity contribution < 1.29 is 17.9 Å². The standard InChI is InChI=1S/C12H17BrF3N3O2/c1-4-21-11(2,3)6-17-8-5-18-19(7-12(14,15)16)10(20)9(8)13/h5,17H,4,6-7H2,1-3H3. The van der Waals surface area contributed by atoms with E-state index >= 15 is 0 Å². The zero-order valence-electron chi connectivity index (χ0n) is 11.9. The van der Waals surface area contributed by atoms with Crippen LogP contribution in [0.15, 0.2) is 15.5 Å². The van der Waals surface area contributed by atoms with Crippen molar-refractivity contribution in [3.8, 4) is 0 Å². The zero-order chi connectivity index (χ0) is 16.3. The van der Waals surface area contributed by atoms with Crippen LogP contribution in [0.25, 0.3) is 0 Å². The summed E-state index contributed by atoms with van der Waals surface area (Å²) in [5, 5.41) is 6.46. The number of halogens is 4. The summed E-state index contributed by atoms with van der Waals surface area (Å²) in [5.74, 6) is 0. The van der Waals surface area contributed by atoms with Gasteiger partial charge in [0.15, 0.2) is 0 Å². The zero-order valence-corrected chi connectivity index (χ0v) is 13.5. The van der Waals surface area contributed by atoms with Gasteiger partial charge in [-0.3, -0.25) is 4.79 Å². The summed E-state index contributed by atoms with van der Waals surface area (Å²) in [6, 6.07) is 0. The van der Waals surface area contributed by atoms with Gasteiger partial charge in [0, 0.05) is 13.2 Å². The Morgan fingerprint density at radius 2 is 2.05 bits per heavy atom. The minimum absolute atomic E-state index is 0.00838. The van der Waals surface area contributed by atoms with Gasteiger partial charge >= 0.3 is 6.18 Å². The van der Waals surface area contributed by atoms with E-state index in [1.54, 1.807) is 0 Å². The van der Waals surface area contributed by atoms with Crippen molar-refractivity contribution in [1.29, 1.82) is 0 Å². The first-order chi connectivity index (χ1) is 9.56. The van der Waals surface area contributed by atoms with Gasteiger partial charge < -0.3 is 10.1 Å². The number of rotatable bonds is 6. The summed E-state index contributed by atoms with van der Waals surface area (Å²) in [4.78, 5) is 11.8. The average Bonchev–Trinajstić information content (AvgIpc) is 2.32. The Hall–Kier alpha value is -1.09. The Bertz CT molecular complexity index is 544. The highest BCUT2D eigenvalue weighted by molar-refractivity contribution is 9.10. The smallest absolute Gasteiger partial charge is 0.380 e. The fourth-order valence-electron chi connectivity index (χ4n) is 1.62. The van der Waals surface area contributed by atoms with E-state index in [9.17, 15) is 18.0 Å². The second kappa shape index (κ2) is 6.78. The van der Waals surface area contributed by atoms with Gasteiger partial charge in [-0.2, -0.15) is 18.3 Å². The Labute approximate surface area is 128 Å². The molecule has 0 aromatic carbocycles. The molecule has 0 saturated carbocycles. The van der Waals surface area contributed by atoms with Crippen LogP contribution in [0.1, 0.15) is 20.8 Å². The van der Waals surface area contributed by atoms with Crippen LogP contribution >= 0.6 is 15.9 Å². The van der Waals surface area contributed by atoms with Crippen molar-refractivity contribution in [1.82, 2.24) is 9.78 Å². The molecule has 21 heavy (non-hydrogen) atoms. The fraction of sp³-hybridized carbons (Fsp3) is 0.667. The summed E-state index contributed by atoms with van der Waals surface area (Å²) in [7, 11) is 0. The first-order valence-electron chi connectivity index (χ1n) is 6.26. The lowest BCUT2D eigenvalue weighted by molar-refractivity contribution is -0.143. The van der Waals surface area contributed by atoms with E-state index in [0.29, 0.717) is 23.5 Å². The number of hydrogen-bond acceptors (Lipinski definition) is 4. The van der Waals surface area contributed by atoms with Gasteiger partial charge in [0.1, 0.15) is 11.0 Å². The van der Waals surface area contributed by atoms with Crippen LogP contribution in [-0.2, 0) is 11.3 Å². The van der Waals surface area contributed by atoms with Crippen molar-refractivity contribution in [3.63, 3.8) is 0 Å². The molecule has 0 amide bonds. The highest BCUT2D eigenvalue weighted by Crippen LogP contribution is 2.20. The van der Waals surface area contributed by atoms with E-state index in [1.807, 2.05) is 20.8 Å². The number of nitrogens with zero attached hydrogens (tertiary/aromatic N) is 2. The monoisotopic (exact) mass is 371 g/mol. The fourth-order valence-corrected chi connectivity index (χ4v) is 2.07. The summed E-state index contributed by atoms with van der Waals surface area (Å²) >= 11 is 3.00. The van der Waals surface area contributed by atoms with E-state index in [1.165, 1.54) is 6.20 Å². The molecule has 9 heteroatoms. The molecule has 1 aromatic rings. The summed E-state index contributed by atoms with van der Waals surface area (Å²) in [5.41, 5.74) is -0.993. The predicted octanol–water partition coefficient (Wildman–Crippen LogP) is 2.80. The predicted molar refractivity (Wildman–Crippen MR) is 76.4 cm³/mol. The van der Waals surface area contributed by atoms with Gasteiger partial charge in [-0.25, -0.2) is 4.68 Å². The summed E-state index contributed by atoms with van der Waals surface area (Å²) in [6.07, 6.45) is -3.32. The number of hydrogen-bond donors (Lipinski definition) is 1. The Kier molecular flexibility index (Phi) is 5.80. The van der Waals surface area contributed by atoms with Crippen molar-refractivity contribution >= 4 is 21.6 Å². The van der Waals surface area contributed by atoms with Gasteiger partial charge in [-0.05, 0) is 36.7 Å². The van der Waals surface area contributed by atoms with Gasteiger partial charge in [0.2, 0.25) is 0 Å². The molecule has 0 saturated heterocycles. The topological polar surface area (TPSA) is 56.1 Å². The van der Waals surface area contributed by atoms with Crippen LogP contribution in [-0.4, -0.2) is 34.7 Å². The molecule has 0 spiro atoms. The average molecular weight is 372 g/mol. The van der Waals surface area contributed by atoms with Gasteiger partial charge in [-0.1, -0.05) is 0 Å². The summed E-state index contributed by atoms with van der Waals surface area (Å²) in [6.45, 7) is 5.06. The lowest BCUT2D eigenvalue weighted by Crippen LogP contribution is -2.35. The largest absolute Gasteiger partial charge is 0.408 e. The van der Waals surface area contributed by atoms with E-state index in [4.69, 9.17) is 4.74 Å². The van der Waals surface area contributed by atoms with Crippen LogP contribution in [0.5, 0.6) is 0 Å². The summed E-state index contributed by atoms with van der Waals surface area (Å²) < 4.78 is 42.7. The molecule has 1 heterocycles. The Balaban J connectivity index is 2.88. The van der Waals surface area contributed by atoms with E-state index < -0.39 is 23.9 Å². The van der Waals surface area contributed by atoms with Gasteiger partial charge in [-0.15, -0.1) is 0 Å². The molecule has 0 atom stereocenters. The molecular weight excluding hydrogens is 355 g/mol. The molecule has 1 aromatic heterocycles. The number of aromatic nitrogens is 2. The molecule has 1 rings (SSSR count). The number of ether oxygens (including phenoxy) is 1. The molecule has 0 aliphatic heterocycles. The van der Waals surface area contributed by atoms with Crippen LogP contribution < -0.4 is 10.9 Å². The Morgan fingerprint density at radius 3 is 2.57 bits per heavy atom. The molecule has 1 N–H and O–H groups in total. The maximum atomic E-state index is 12.3.